The average molecular weight is 285 g/mol. The number of anilines is 2. The Hall–Kier alpha value is -2.15. The van der Waals surface area contributed by atoms with Crippen molar-refractivity contribution in [1.82, 2.24) is 9.78 Å². The van der Waals surface area contributed by atoms with E-state index in [-0.39, 0.29) is 16.4 Å². The summed E-state index contributed by atoms with van der Waals surface area (Å²) in [5.74, 6) is -0.726. The number of nitro benzene ring substituents is 1. The molecule has 8 heteroatoms. The molecule has 2 rings (SSSR count). The van der Waals surface area contributed by atoms with E-state index < -0.39 is 10.7 Å². The lowest BCUT2D eigenvalue weighted by Gasteiger charge is -2.06. The lowest BCUT2D eigenvalue weighted by atomic mass is 10.2. The first-order valence-electron chi connectivity index (χ1n) is 5.29. The maximum Gasteiger partial charge on any atom is 0.294 e. The second-order valence-corrected chi connectivity index (χ2v) is 4.37. The Morgan fingerprint density at radius 1 is 1.47 bits per heavy atom. The van der Waals surface area contributed by atoms with Crippen molar-refractivity contribution in [2.45, 2.75) is 6.92 Å². The van der Waals surface area contributed by atoms with E-state index in [1.165, 1.54) is 0 Å². The molecule has 0 atom stereocenters. The number of aromatic nitrogens is 2. The number of hydrogen-bond donors (Lipinski definition) is 1. The number of nitrogens with zero attached hydrogens (tertiary/aromatic N) is 3. The number of halogens is 2. The number of benzene rings is 1. The van der Waals surface area contributed by atoms with Gasteiger partial charge >= 0.3 is 0 Å². The van der Waals surface area contributed by atoms with Crippen LogP contribution >= 0.6 is 11.6 Å². The van der Waals surface area contributed by atoms with Crippen molar-refractivity contribution in [1.29, 1.82) is 0 Å². The number of nitrogens with one attached hydrogen (secondary N) is 1. The van der Waals surface area contributed by atoms with Gasteiger partial charge in [-0.05, 0) is 6.92 Å². The summed E-state index contributed by atoms with van der Waals surface area (Å²) in [6, 6.07) is 1.97. The summed E-state index contributed by atoms with van der Waals surface area (Å²) in [6.07, 6.45) is 1.64. The van der Waals surface area contributed by atoms with Crippen molar-refractivity contribution in [3.8, 4) is 0 Å². The van der Waals surface area contributed by atoms with E-state index in [1.807, 2.05) is 0 Å². The molecular weight excluding hydrogens is 275 g/mol. The summed E-state index contributed by atoms with van der Waals surface area (Å²) < 4.78 is 15.0. The molecule has 0 radical (unpaired) electrons. The van der Waals surface area contributed by atoms with E-state index in [0.29, 0.717) is 11.4 Å². The fourth-order valence-electron chi connectivity index (χ4n) is 1.65. The fraction of sp³-hybridized carbons (Fsp3) is 0.182. The van der Waals surface area contributed by atoms with E-state index in [1.54, 1.807) is 24.9 Å². The Morgan fingerprint density at radius 3 is 2.68 bits per heavy atom. The first-order valence-corrected chi connectivity index (χ1v) is 5.67. The fourth-order valence-corrected chi connectivity index (χ4v) is 1.81. The van der Waals surface area contributed by atoms with Crippen LogP contribution in [0.25, 0.3) is 0 Å². The molecule has 0 unspecified atom stereocenters. The molecule has 0 saturated carbocycles. The molecule has 0 aliphatic carbocycles. The van der Waals surface area contributed by atoms with Crippen molar-refractivity contribution in [3.63, 3.8) is 0 Å². The summed E-state index contributed by atoms with van der Waals surface area (Å²) in [6.45, 7) is 1.74. The molecule has 2 aromatic rings. The minimum absolute atomic E-state index is 0.0306. The Bertz CT molecular complexity index is 656. The van der Waals surface area contributed by atoms with Crippen LogP contribution in [-0.2, 0) is 7.05 Å². The van der Waals surface area contributed by atoms with Crippen molar-refractivity contribution in [3.05, 3.63) is 45.0 Å². The van der Waals surface area contributed by atoms with Crippen LogP contribution in [0.4, 0.5) is 21.5 Å². The number of nitro groups is 1. The summed E-state index contributed by atoms with van der Waals surface area (Å²) in [4.78, 5) is 10.3. The van der Waals surface area contributed by atoms with Gasteiger partial charge in [-0.2, -0.15) is 5.10 Å². The first-order chi connectivity index (χ1) is 8.88. The lowest BCUT2D eigenvalue weighted by Crippen LogP contribution is -1.98. The molecule has 0 bridgehead atoms. The minimum atomic E-state index is -0.726. The largest absolute Gasteiger partial charge is 0.347 e. The van der Waals surface area contributed by atoms with Crippen LogP contribution in [0.3, 0.4) is 0 Å². The highest BCUT2D eigenvalue weighted by Crippen LogP contribution is 2.32. The molecule has 0 aliphatic rings. The maximum atomic E-state index is 13.4. The van der Waals surface area contributed by atoms with Gasteiger partial charge in [-0.1, -0.05) is 11.6 Å². The normalized spacial score (nSPS) is 10.5. The van der Waals surface area contributed by atoms with E-state index in [2.05, 4.69) is 10.4 Å². The lowest BCUT2D eigenvalue weighted by molar-refractivity contribution is -0.383. The second kappa shape index (κ2) is 4.85. The number of aryl methyl sites for hydroxylation is 2. The highest BCUT2D eigenvalue weighted by molar-refractivity contribution is 6.31. The Balaban J connectivity index is 2.47. The van der Waals surface area contributed by atoms with Gasteiger partial charge in [-0.3, -0.25) is 14.8 Å². The van der Waals surface area contributed by atoms with Crippen LogP contribution in [0.1, 0.15) is 5.69 Å². The quantitative estimate of drug-likeness (QED) is 0.694. The molecule has 0 amide bonds. The topological polar surface area (TPSA) is 73.0 Å². The highest BCUT2D eigenvalue weighted by Gasteiger charge is 2.19. The van der Waals surface area contributed by atoms with E-state index in [4.69, 9.17) is 11.6 Å². The standard InChI is InChI=1S/C11H10ClFN4O2/c1-6-10(5-16(2)15-6)14-9-4-8(13)7(12)3-11(9)17(18)19/h3-5,14H,1-2H3. The molecule has 0 aliphatic heterocycles. The van der Waals surface area contributed by atoms with Crippen LogP contribution in [0.15, 0.2) is 18.3 Å². The van der Waals surface area contributed by atoms with Crippen molar-refractivity contribution in [2.24, 2.45) is 7.05 Å². The molecule has 1 heterocycles. The summed E-state index contributed by atoms with van der Waals surface area (Å²) in [5.41, 5.74) is 0.942. The van der Waals surface area contributed by atoms with Crippen molar-refractivity contribution >= 4 is 28.7 Å². The van der Waals surface area contributed by atoms with Gasteiger partial charge in [-0.15, -0.1) is 0 Å². The summed E-state index contributed by atoms with van der Waals surface area (Å²) in [7, 11) is 1.72. The molecular formula is C11H10ClFN4O2. The molecule has 0 saturated heterocycles. The third-order valence-corrected chi connectivity index (χ3v) is 2.81. The molecule has 19 heavy (non-hydrogen) atoms. The maximum absolute atomic E-state index is 13.4. The SMILES string of the molecule is Cc1nn(C)cc1Nc1cc(F)c(Cl)cc1[N+](=O)[O-]. The van der Waals surface area contributed by atoms with E-state index in [9.17, 15) is 14.5 Å². The summed E-state index contributed by atoms with van der Waals surface area (Å²) >= 11 is 5.54. The van der Waals surface area contributed by atoms with Gasteiger partial charge in [0.25, 0.3) is 5.69 Å². The molecule has 100 valence electrons. The van der Waals surface area contributed by atoms with E-state index >= 15 is 0 Å². The van der Waals surface area contributed by atoms with Gasteiger partial charge in [-0.25, -0.2) is 4.39 Å². The van der Waals surface area contributed by atoms with Gasteiger partial charge in [0.15, 0.2) is 0 Å². The van der Waals surface area contributed by atoms with Crippen LogP contribution in [0, 0.1) is 22.9 Å². The van der Waals surface area contributed by atoms with Gasteiger partial charge in [0.2, 0.25) is 0 Å². The van der Waals surface area contributed by atoms with Gasteiger partial charge < -0.3 is 5.32 Å². The predicted octanol–water partition coefficient (Wildman–Crippen LogP) is 3.17. The predicted molar refractivity (Wildman–Crippen MR) is 69.3 cm³/mol. The molecule has 6 nitrogen and oxygen atoms in total. The Morgan fingerprint density at radius 2 is 2.16 bits per heavy atom. The molecule has 0 spiro atoms. The van der Waals surface area contributed by atoms with Crippen LogP contribution in [0.5, 0.6) is 0 Å². The van der Waals surface area contributed by atoms with Crippen LogP contribution < -0.4 is 5.32 Å². The van der Waals surface area contributed by atoms with Crippen molar-refractivity contribution in [2.75, 3.05) is 5.32 Å². The monoisotopic (exact) mass is 284 g/mol. The number of hydrogen-bond acceptors (Lipinski definition) is 4. The van der Waals surface area contributed by atoms with E-state index in [0.717, 1.165) is 12.1 Å². The minimum Gasteiger partial charge on any atom is -0.347 e. The Kier molecular flexibility index (Phi) is 3.39. The smallest absolute Gasteiger partial charge is 0.294 e. The Labute approximate surface area is 112 Å². The second-order valence-electron chi connectivity index (χ2n) is 3.97. The van der Waals surface area contributed by atoms with Gasteiger partial charge in [0, 0.05) is 25.4 Å². The average Bonchev–Trinajstić information content (AvgIpc) is 2.62. The zero-order valence-electron chi connectivity index (χ0n) is 10.1. The third-order valence-electron chi connectivity index (χ3n) is 2.52. The van der Waals surface area contributed by atoms with Crippen LogP contribution in [0.2, 0.25) is 5.02 Å². The van der Waals surface area contributed by atoms with Crippen molar-refractivity contribution < 1.29 is 9.31 Å². The molecule has 1 N–H and O–H groups in total. The highest BCUT2D eigenvalue weighted by atomic mass is 35.5. The molecule has 1 aromatic carbocycles. The first kappa shape index (κ1) is 13.3. The number of rotatable bonds is 3. The van der Waals surface area contributed by atoms with Gasteiger partial charge in [0.05, 0.1) is 21.3 Å². The third kappa shape index (κ3) is 2.65. The van der Waals surface area contributed by atoms with Crippen LogP contribution in [-0.4, -0.2) is 14.7 Å². The molecule has 0 fully saturated rings. The summed E-state index contributed by atoms with van der Waals surface area (Å²) in [5, 5.41) is 17.5. The zero-order valence-corrected chi connectivity index (χ0v) is 10.9. The zero-order chi connectivity index (χ0) is 14.2. The molecule has 1 aromatic heterocycles. The van der Waals surface area contributed by atoms with Gasteiger partial charge in [0.1, 0.15) is 11.5 Å².